The van der Waals surface area contributed by atoms with Gasteiger partial charge in [-0.15, -0.1) is 11.8 Å². The number of benzene rings is 1. The summed E-state index contributed by atoms with van der Waals surface area (Å²) in [6.45, 7) is 4.22. The summed E-state index contributed by atoms with van der Waals surface area (Å²) in [6, 6.07) is 12.4. The number of nitrogens with zero attached hydrogens (tertiary/aromatic N) is 2. The number of hydrogen-bond acceptors (Lipinski definition) is 3. The molecule has 1 aromatic heterocycles. The third-order valence-corrected chi connectivity index (χ3v) is 3.60. The summed E-state index contributed by atoms with van der Waals surface area (Å²) in [5.74, 6) is 0.914. The first-order chi connectivity index (χ1) is 8.67. The molecule has 2 aromatic rings. The molecule has 90 valence electrons. The van der Waals surface area contributed by atoms with Crippen molar-refractivity contribution in [3.63, 3.8) is 0 Å². The van der Waals surface area contributed by atoms with Crippen molar-refractivity contribution in [3.8, 4) is 6.07 Å². The Hall–Kier alpha value is -1.79. The van der Waals surface area contributed by atoms with Gasteiger partial charge in [-0.05, 0) is 31.5 Å². The molecular formula is C15H14N2S. The Morgan fingerprint density at radius 2 is 1.89 bits per heavy atom. The molecule has 2 nitrogen and oxygen atoms in total. The highest BCUT2D eigenvalue weighted by Crippen LogP contribution is 2.23. The van der Waals surface area contributed by atoms with E-state index < -0.39 is 0 Å². The van der Waals surface area contributed by atoms with Crippen LogP contribution in [-0.4, -0.2) is 4.98 Å². The third-order valence-electron chi connectivity index (χ3n) is 2.53. The van der Waals surface area contributed by atoms with Gasteiger partial charge in [0.2, 0.25) is 0 Å². The molecule has 0 spiro atoms. The Morgan fingerprint density at radius 1 is 1.17 bits per heavy atom. The minimum Gasteiger partial charge on any atom is -0.245 e. The van der Waals surface area contributed by atoms with E-state index in [9.17, 15) is 0 Å². The van der Waals surface area contributed by atoms with Gasteiger partial charge in [-0.3, -0.25) is 0 Å². The zero-order chi connectivity index (χ0) is 13.0. The first-order valence-electron chi connectivity index (χ1n) is 5.73. The first kappa shape index (κ1) is 12.7. The van der Waals surface area contributed by atoms with E-state index in [1.165, 1.54) is 16.7 Å². The fourth-order valence-electron chi connectivity index (χ4n) is 1.88. The standard InChI is InChI=1S/C15H14N2S/c1-11-5-12(2)7-13(6-11)10-18-15-3-4-17-14(8-15)9-16/h3-8H,10H2,1-2H3. The van der Waals surface area contributed by atoms with Crippen LogP contribution in [0.1, 0.15) is 22.4 Å². The largest absolute Gasteiger partial charge is 0.245 e. The molecule has 0 bridgehead atoms. The van der Waals surface area contributed by atoms with E-state index in [1.807, 2.05) is 12.1 Å². The van der Waals surface area contributed by atoms with E-state index in [4.69, 9.17) is 5.26 Å². The first-order valence-corrected chi connectivity index (χ1v) is 6.72. The van der Waals surface area contributed by atoms with Gasteiger partial charge in [0, 0.05) is 16.8 Å². The van der Waals surface area contributed by atoms with Gasteiger partial charge in [-0.1, -0.05) is 29.3 Å². The van der Waals surface area contributed by atoms with Gasteiger partial charge in [0.05, 0.1) is 0 Å². The Morgan fingerprint density at radius 3 is 2.56 bits per heavy atom. The highest BCUT2D eigenvalue weighted by molar-refractivity contribution is 7.98. The molecule has 3 heteroatoms. The zero-order valence-electron chi connectivity index (χ0n) is 10.5. The molecule has 0 aliphatic carbocycles. The van der Waals surface area contributed by atoms with Crippen molar-refractivity contribution in [2.45, 2.75) is 24.5 Å². The summed E-state index contributed by atoms with van der Waals surface area (Å²) in [5, 5.41) is 8.80. The molecule has 0 atom stereocenters. The molecule has 0 aliphatic rings. The molecule has 1 aromatic carbocycles. The monoisotopic (exact) mass is 254 g/mol. The predicted octanol–water partition coefficient (Wildman–Crippen LogP) is 3.86. The Labute approximate surface area is 112 Å². The number of hydrogen-bond donors (Lipinski definition) is 0. The number of aromatic nitrogens is 1. The van der Waals surface area contributed by atoms with Gasteiger partial charge in [-0.2, -0.15) is 5.26 Å². The molecule has 0 unspecified atom stereocenters. The van der Waals surface area contributed by atoms with Crippen molar-refractivity contribution < 1.29 is 0 Å². The van der Waals surface area contributed by atoms with Crippen LogP contribution < -0.4 is 0 Å². The van der Waals surface area contributed by atoms with Crippen LogP contribution in [0.4, 0.5) is 0 Å². The highest BCUT2D eigenvalue weighted by Gasteiger charge is 2.00. The average molecular weight is 254 g/mol. The molecule has 0 N–H and O–H groups in total. The fraction of sp³-hybridized carbons (Fsp3) is 0.200. The van der Waals surface area contributed by atoms with Crippen molar-refractivity contribution in [1.29, 1.82) is 5.26 Å². The summed E-state index contributed by atoms with van der Waals surface area (Å²) < 4.78 is 0. The zero-order valence-corrected chi connectivity index (χ0v) is 11.3. The lowest BCUT2D eigenvalue weighted by Crippen LogP contribution is -1.86. The maximum atomic E-state index is 8.80. The minimum absolute atomic E-state index is 0.473. The van der Waals surface area contributed by atoms with E-state index in [1.54, 1.807) is 18.0 Å². The normalized spacial score (nSPS) is 10.1. The topological polar surface area (TPSA) is 36.7 Å². The van der Waals surface area contributed by atoms with Gasteiger partial charge < -0.3 is 0 Å². The summed E-state index contributed by atoms with van der Waals surface area (Å²) >= 11 is 1.73. The molecule has 1 heterocycles. The van der Waals surface area contributed by atoms with Crippen molar-refractivity contribution in [3.05, 3.63) is 58.9 Å². The van der Waals surface area contributed by atoms with Crippen molar-refractivity contribution in [2.24, 2.45) is 0 Å². The maximum Gasteiger partial charge on any atom is 0.141 e. The summed E-state index contributed by atoms with van der Waals surface area (Å²) in [5.41, 5.74) is 4.37. The molecule has 18 heavy (non-hydrogen) atoms. The molecule has 0 saturated carbocycles. The van der Waals surface area contributed by atoms with E-state index in [0.717, 1.165) is 10.6 Å². The number of rotatable bonds is 3. The van der Waals surface area contributed by atoms with E-state index in [-0.39, 0.29) is 0 Å². The molecule has 0 amide bonds. The lowest BCUT2D eigenvalue weighted by Gasteiger charge is -2.05. The van der Waals surface area contributed by atoms with Crippen LogP contribution in [0.5, 0.6) is 0 Å². The lowest BCUT2D eigenvalue weighted by molar-refractivity contribution is 1.21. The van der Waals surface area contributed by atoms with Crippen molar-refractivity contribution in [2.75, 3.05) is 0 Å². The smallest absolute Gasteiger partial charge is 0.141 e. The molecule has 0 saturated heterocycles. The minimum atomic E-state index is 0.473. The van der Waals surface area contributed by atoms with Crippen LogP contribution in [-0.2, 0) is 5.75 Å². The van der Waals surface area contributed by atoms with Crippen LogP contribution in [0.25, 0.3) is 0 Å². The Kier molecular flexibility index (Phi) is 4.01. The fourth-order valence-corrected chi connectivity index (χ4v) is 2.73. The van der Waals surface area contributed by atoms with Crippen LogP contribution in [0.15, 0.2) is 41.4 Å². The summed E-state index contributed by atoms with van der Waals surface area (Å²) in [6.07, 6.45) is 1.68. The predicted molar refractivity (Wildman–Crippen MR) is 74.4 cm³/mol. The van der Waals surface area contributed by atoms with Crippen LogP contribution in [0.2, 0.25) is 0 Å². The summed E-state index contributed by atoms with van der Waals surface area (Å²) in [7, 11) is 0. The van der Waals surface area contributed by atoms with Crippen LogP contribution >= 0.6 is 11.8 Å². The molecule has 0 radical (unpaired) electrons. The second kappa shape index (κ2) is 5.70. The average Bonchev–Trinajstić information content (AvgIpc) is 2.35. The summed E-state index contributed by atoms with van der Waals surface area (Å²) in [4.78, 5) is 5.05. The van der Waals surface area contributed by atoms with Gasteiger partial charge in [-0.25, -0.2) is 4.98 Å². The maximum absolute atomic E-state index is 8.80. The van der Waals surface area contributed by atoms with E-state index in [0.29, 0.717) is 5.69 Å². The van der Waals surface area contributed by atoms with Gasteiger partial charge in [0.25, 0.3) is 0 Å². The Balaban J connectivity index is 2.09. The van der Waals surface area contributed by atoms with Gasteiger partial charge in [0.15, 0.2) is 0 Å². The van der Waals surface area contributed by atoms with Crippen molar-refractivity contribution in [1.82, 2.24) is 4.98 Å². The van der Waals surface area contributed by atoms with Crippen molar-refractivity contribution >= 4 is 11.8 Å². The van der Waals surface area contributed by atoms with E-state index >= 15 is 0 Å². The van der Waals surface area contributed by atoms with Gasteiger partial charge in [0.1, 0.15) is 11.8 Å². The lowest BCUT2D eigenvalue weighted by atomic mass is 10.1. The van der Waals surface area contributed by atoms with Crippen LogP contribution in [0.3, 0.4) is 0 Å². The molecule has 0 fully saturated rings. The van der Waals surface area contributed by atoms with E-state index in [2.05, 4.69) is 43.1 Å². The number of thioether (sulfide) groups is 1. The molecule has 2 rings (SSSR count). The number of nitriles is 1. The quantitative estimate of drug-likeness (QED) is 0.780. The van der Waals surface area contributed by atoms with Gasteiger partial charge >= 0.3 is 0 Å². The third kappa shape index (κ3) is 3.35. The van der Waals surface area contributed by atoms with Crippen LogP contribution in [0, 0.1) is 25.2 Å². The number of aryl methyl sites for hydroxylation is 2. The SMILES string of the molecule is Cc1cc(C)cc(CSc2ccnc(C#N)c2)c1. The molecular weight excluding hydrogens is 240 g/mol. The molecule has 0 aliphatic heterocycles. The number of pyridine rings is 1. The second-order valence-electron chi connectivity index (χ2n) is 4.27. The second-order valence-corrected chi connectivity index (χ2v) is 5.32. The highest BCUT2D eigenvalue weighted by atomic mass is 32.2. The Bertz CT molecular complexity index is 579.